The van der Waals surface area contributed by atoms with Crippen molar-refractivity contribution in [2.24, 2.45) is 11.8 Å². The Morgan fingerprint density at radius 1 is 1.09 bits per heavy atom. The summed E-state index contributed by atoms with van der Waals surface area (Å²) in [5.74, 6) is -5.20. The minimum atomic E-state index is -1.45. The summed E-state index contributed by atoms with van der Waals surface area (Å²) in [6, 6.07) is 9.03. The third-order valence-electron chi connectivity index (χ3n) is 6.48. The molecule has 2 aromatic rings. The number of carbonyl (C=O) groups is 5. The van der Waals surface area contributed by atoms with Crippen molar-refractivity contribution in [3.63, 3.8) is 0 Å². The molecule has 1 aromatic heterocycles. The quantitative estimate of drug-likeness (QED) is 0.228. The molecule has 3 rings (SSSR count). The highest BCUT2D eigenvalue weighted by atomic mass is 16.7. The monoisotopic (exact) mass is 600 g/mol. The molecule has 1 aliphatic heterocycles. The normalized spacial score (nSPS) is 20.4. The Morgan fingerprint density at radius 3 is 2.47 bits per heavy atom. The van der Waals surface area contributed by atoms with Crippen molar-refractivity contribution in [2.45, 2.75) is 58.8 Å². The lowest BCUT2D eigenvalue weighted by atomic mass is 9.91. The minimum Gasteiger partial charge on any atom is -0.493 e. The third-order valence-corrected chi connectivity index (χ3v) is 6.48. The van der Waals surface area contributed by atoms with Gasteiger partial charge in [0.2, 0.25) is 6.79 Å². The number of nitrogens with one attached hydrogen (secondary N) is 1. The van der Waals surface area contributed by atoms with Crippen molar-refractivity contribution >= 4 is 29.8 Å². The molecule has 1 unspecified atom stereocenters. The second kappa shape index (κ2) is 15.5. The average molecular weight is 601 g/mol. The molecule has 232 valence electrons. The zero-order valence-electron chi connectivity index (χ0n) is 24.7. The molecule has 1 aliphatic rings. The Labute approximate surface area is 249 Å². The lowest BCUT2D eigenvalue weighted by molar-refractivity contribution is -0.176. The molecule has 43 heavy (non-hydrogen) atoms. The number of pyridine rings is 1. The van der Waals surface area contributed by atoms with Gasteiger partial charge >= 0.3 is 23.9 Å². The number of carbonyl (C=O) groups excluding carboxylic acids is 5. The average Bonchev–Trinajstić information content (AvgIpc) is 3.03. The number of esters is 4. The van der Waals surface area contributed by atoms with E-state index in [9.17, 15) is 24.0 Å². The van der Waals surface area contributed by atoms with Crippen LogP contribution in [0, 0.1) is 11.8 Å². The Morgan fingerprint density at radius 2 is 1.81 bits per heavy atom. The van der Waals surface area contributed by atoms with E-state index in [2.05, 4.69) is 10.3 Å². The summed E-state index contributed by atoms with van der Waals surface area (Å²) < 4.78 is 32.4. The predicted molar refractivity (Wildman–Crippen MR) is 149 cm³/mol. The molecule has 1 N–H and O–H groups in total. The fraction of sp³-hybridized carbons (Fsp3) is 0.467. The summed E-state index contributed by atoms with van der Waals surface area (Å²) in [5.41, 5.74) is 0.489. The first-order valence-electron chi connectivity index (χ1n) is 13.8. The number of hydrogen-bond acceptors (Lipinski definition) is 12. The van der Waals surface area contributed by atoms with Gasteiger partial charge in [0.1, 0.15) is 18.6 Å². The molecule has 4 atom stereocenters. The minimum absolute atomic E-state index is 0.114. The van der Waals surface area contributed by atoms with Crippen molar-refractivity contribution in [3.05, 3.63) is 53.9 Å². The van der Waals surface area contributed by atoms with Crippen LogP contribution in [0.3, 0.4) is 0 Å². The van der Waals surface area contributed by atoms with Crippen LogP contribution in [0.4, 0.5) is 0 Å². The van der Waals surface area contributed by atoms with Gasteiger partial charge in [0, 0.05) is 18.7 Å². The van der Waals surface area contributed by atoms with Crippen molar-refractivity contribution in [3.8, 4) is 11.5 Å². The van der Waals surface area contributed by atoms with E-state index >= 15 is 0 Å². The van der Waals surface area contributed by atoms with E-state index in [0.29, 0.717) is 0 Å². The molecule has 0 spiro atoms. The zero-order chi connectivity index (χ0) is 31.5. The first-order valence-corrected chi connectivity index (χ1v) is 13.8. The first-order chi connectivity index (χ1) is 20.5. The van der Waals surface area contributed by atoms with Crippen LogP contribution in [0.25, 0.3) is 0 Å². The number of ether oxygens (including phenoxy) is 6. The van der Waals surface area contributed by atoms with E-state index in [0.717, 1.165) is 5.56 Å². The second-order valence-electron chi connectivity index (χ2n) is 9.97. The van der Waals surface area contributed by atoms with E-state index in [1.165, 1.54) is 26.3 Å². The first kappa shape index (κ1) is 32.8. The van der Waals surface area contributed by atoms with Crippen LogP contribution < -0.4 is 14.8 Å². The molecular weight excluding hydrogens is 564 g/mol. The molecule has 0 saturated carbocycles. The molecule has 1 fully saturated rings. The number of aromatic nitrogens is 1. The van der Waals surface area contributed by atoms with Crippen molar-refractivity contribution in [1.29, 1.82) is 0 Å². The summed E-state index contributed by atoms with van der Waals surface area (Å²) in [5, 5.41) is 2.46. The Bertz CT molecular complexity index is 1300. The molecule has 2 heterocycles. The van der Waals surface area contributed by atoms with Gasteiger partial charge in [-0.05, 0) is 18.9 Å². The maximum absolute atomic E-state index is 13.4. The Kier molecular flexibility index (Phi) is 11.8. The molecule has 13 nitrogen and oxygen atoms in total. The highest BCUT2D eigenvalue weighted by Crippen LogP contribution is 2.30. The number of rotatable bonds is 11. The molecule has 0 aliphatic carbocycles. The van der Waals surface area contributed by atoms with Crippen LogP contribution in [0.2, 0.25) is 0 Å². The number of amides is 1. The van der Waals surface area contributed by atoms with Gasteiger partial charge in [-0.25, -0.2) is 9.78 Å². The molecular formula is C30H36N2O11. The number of benzene rings is 1. The zero-order valence-corrected chi connectivity index (χ0v) is 24.7. The number of hydrogen-bond donors (Lipinski definition) is 1. The molecule has 1 saturated heterocycles. The van der Waals surface area contributed by atoms with Crippen molar-refractivity contribution in [1.82, 2.24) is 10.3 Å². The fourth-order valence-corrected chi connectivity index (χ4v) is 4.13. The summed E-state index contributed by atoms with van der Waals surface area (Å²) in [6.45, 7) is 5.30. The Balaban J connectivity index is 1.86. The largest absolute Gasteiger partial charge is 0.493 e. The van der Waals surface area contributed by atoms with Crippen LogP contribution in [0.15, 0.2) is 42.6 Å². The van der Waals surface area contributed by atoms with E-state index < -0.39 is 73.3 Å². The van der Waals surface area contributed by atoms with Crippen molar-refractivity contribution in [2.75, 3.05) is 20.5 Å². The maximum atomic E-state index is 13.4. The highest BCUT2D eigenvalue weighted by Gasteiger charge is 2.42. The summed E-state index contributed by atoms with van der Waals surface area (Å²) in [4.78, 5) is 68.0. The standard InChI is InChI=1S/C30H36N2O11/c1-6-23(33)40-16-41-26-22(38-5)12-13-31-24(26)27(34)32-21-15-39-29(36)20(14-19-10-8-7-9-11-19)25(18(4)42-30(21)37)43-28(35)17(2)3/h7-13,17-18,20-21,25H,6,14-16H2,1-5H3,(H,32,34)/t18-,20+,21?,25-/m0/s1. The number of nitrogens with zero attached hydrogens (tertiary/aromatic N) is 1. The topological polar surface area (TPSA) is 166 Å². The van der Waals surface area contributed by atoms with Gasteiger partial charge in [0.15, 0.2) is 29.3 Å². The van der Waals surface area contributed by atoms with Gasteiger partial charge in [0.05, 0.1) is 13.0 Å². The molecule has 13 heteroatoms. The smallest absolute Gasteiger partial charge is 0.332 e. The highest BCUT2D eigenvalue weighted by molar-refractivity contribution is 5.98. The van der Waals surface area contributed by atoms with Crippen molar-refractivity contribution < 1.29 is 52.4 Å². The van der Waals surface area contributed by atoms with Crippen LogP contribution in [0.5, 0.6) is 11.5 Å². The van der Waals surface area contributed by atoms with Gasteiger partial charge < -0.3 is 33.7 Å². The van der Waals surface area contributed by atoms with Gasteiger partial charge in [-0.1, -0.05) is 51.1 Å². The van der Waals surface area contributed by atoms with Gasteiger partial charge in [0.25, 0.3) is 5.91 Å². The lowest BCUT2D eigenvalue weighted by Gasteiger charge is -2.29. The Hall–Kier alpha value is -4.68. The summed E-state index contributed by atoms with van der Waals surface area (Å²) in [7, 11) is 1.34. The molecule has 0 bridgehead atoms. The second-order valence-corrected chi connectivity index (χ2v) is 9.97. The number of methoxy groups -OCH3 is 1. The van der Waals surface area contributed by atoms with Crippen LogP contribution >= 0.6 is 0 Å². The molecule has 1 amide bonds. The van der Waals surface area contributed by atoms with Gasteiger partial charge in [-0.15, -0.1) is 0 Å². The van der Waals surface area contributed by atoms with Crippen LogP contribution in [-0.2, 0) is 44.5 Å². The van der Waals surface area contributed by atoms with E-state index in [-0.39, 0.29) is 30.0 Å². The van der Waals surface area contributed by atoms with Gasteiger partial charge in [-0.3, -0.25) is 19.2 Å². The van der Waals surface area contributed by atoms with E-state index in [1.807, 2.05) is 18.2 Å². The molecule has 0 radical (unpaired) electrons. The third kappa shape index (κ3) is 8.90. The fourth-order valence-electron chi connectivity index (χ4n) is 4.13. The van der Waals surface area contributed by atoms with E-state index in [4.69, 9.17) is 28.4 Å². The predicted octanol–water partition coefficient (Wildman–Crippen LogP) is 2.39. The van der Waals surface area contributed by atoms with Crippen LogP contribution in [0.1, 0.15) is 50.2 Å². The van der Waals surface area contributed by atoms with Crippen LogP contribution in [-0.4, -0.2) is 73.5 Å². The molecule has 1 aromatic carbocycles. The summed E-state index contributed by atoms with van der Waals surface area (Å²) in [6.07, 6.45) is -0.690. The van der Waals surface area contributed by atoms with Gasteiger partial charge in [-0.2, -0.15) is 0 Å². The van der Waals surface area contributed by atoms with E-state index in [1.54, 1.807) is 32.9 Å². The maximum Gasteiger partial charge on any atom is 0.332 e. The summed E-state index contributed by atoms with van der Waals surface area (Å²) >= 11 is 0. The lowest BCUT2D eigenvalue weighted by Crippen LogP contribution is -2.47. The SMILES string of the molecule is CCC(=O)OCOc1c(OC)ccnc1C(=O)NC1COC(=O)[C@H](Cc2ccccc2)[C@@H](OC(=O)C(C)C)[C@H](C)OC1=O. The number of cyclic esters (lactones) is 2.